The Balaban J connectivity index is 1.86. The van der Waals surface area contributed by atoms with Crippen LogP contribution in [0.4, 0.5) is 0 Å². The van der Waals surface area contributed by atoms with Crippen molar-refractivity contribution in [3.8, 4) is 0 Å². The predicted molar refractivity (Wildman–Crippen MR) is 121 cm³/mol. The fourth-order valence-electron chi connectivity index (χ4n) is 3.27. The van der Waals surface area contributed by atoms with Gasteiger partial charge in [-0.3, -0.25) is 4.79 Å². The van der Waals surface area contributed by atoms with Gasteiger partial charge in [-0.2, -0.15) is 0 Å². The van der Waals surface area contributed by atoms with E-state index in [1.165, 1.54) is 0 Å². The van der Waals surface area contributed by atoms with Crippen molar-refractivity contribution in [2.75, 3.05) is 0 Å². The lowest BCUT2D eigenvalue weighted by Crippen LogP contribution is -2.41. The molecule has 3 aromatic rings. The van der Waals surface area contributed by atoms with E-state index < -0.39 is 0 Å². The van der Waals surface area contributed by atoms with E-state index in [0.717, 1.165) is 16.3 Å². The summed E-state index contributed by atoms with van der Waals surface area (Å²) in [7, 11) is 0. The van der Waals surface area contributed by atoms with Gasteiger partial charge < -0.3 is 9.47 Å². The van der Waals surface area contributed by atoms with Crippen LogP contribution in [0.5, 0.6) is 0 Å². The number of rotatable bonds is 7. The van der Waals surface area contributed by atoms with Crippen molar-refractivity contribution < 1.29 is 4.79 Å². The van der Waals surface area contributed by atoms with Crippen molar-refractivity contribution in [1.29, 1.82) is 0 Å². The number of aromatic nitrogens is 1. The minimum absolute atomic E-state index is 0.0124. The van der Waals surface area contributed by atoms with Crippen LogP contribution < -0.4 is 0 Å². The van der Waals surface area contributed by atoms with Gasteiger partial charge in [0, 0.05) is 40.1 Å². The summed E-state index contributed by atoms with van der Waals surface area (Å²) in [5.74, 6) is 0.348. The molecule has 1 heterocycles. The molecule has 5 heteroatoms. The van der Waals surface area contributed by atoms with E-state index in [1.54, 1.807) is 24.3 Å². The average Bonchev–Trinajstić information content (AvgIpc) is 3.12. The smallest absolute Gasteiger partial charge is 0.254 e. The summed E-state index contributed by atoms with van der Waals surface area (Å²) in [6.45, 7) is 7.62. The summed E-state index contributed by atoms with van der Waals surface area (Å²) in [5.41, 5.74) is 2.86. The van der Waals surface area contributed by atoms with Crippen LogP contribution in [0.3, 0.4) is 0 Å². The number of halogens is 2. The van der Waals surface area contributed by atoms with E-state index in [2.05, 4.69) is 37.5 Å². The first-order valence-corrected chi connectivity index (χ1v) is 10.6. The molecule has 0 spiro atoms. The van der Waals surface area contributed by atoms with Crippen LogP contribution in [-0.4, -0.2) is 21.4 Å². The van der Waals surface area contributed by atoms with Crippen LogP contribution in [0.15, 0.2) is 66.9 Å². The Bertz CT molecular complexity index is 963. The summed E-state index contributed by atoms with van der Waals surface area (Å²) < 4.78 is 2.17. The molecule has 0 aliphatic carbocycles. The molecule has 0 N–H and O–H groups in total. The molecule has 1 atom stereocenters. The maximum absolute atomic E-state index is 13.3. The van der Waals surface area contributed by atoms with Crippen LogP contribution in [0.25, 0.3) is 0 Å². The molecule has 3 rings (SSSR count). The largest absolute Gasteiger partial charge is 0.345 e. The van der Waals surface area contributed by atoms with Gasteiger partial charge in [0.25, 0.3) is 5.91 Å². The lowest BCUT2D eigenvalue weighted by molar-refractivity contribution is 0.0623. The Kier molecular flexibility index (Phi) is 7.05. The zero-order valence-electron chi connectivity index (χ0n) is 17.0. The van der Waals surface area contributed by atoms with E-state index in [-0.39, 0.29) is 11.9 Å². The highest BCUT2D eigenvalue weighted by molar-refractivity contribution is 6.30. The van der Waals surface area contributed by atoms with Gasteiger partial charge in [-0.1, -0.05) is 49.2 Å². The second-order valence-corrected chi connectivity index (χ2v) is 8.55. The monoisotopic (exact) mass is 428 g/mol. The van der Waals surface area contributed by atoms with Gasteiger partial charge in [-0.15, -0.1) is 0 Å². The van der Waals surface area contributed by atoms with Gasteiger partial charge in [-0.05, 0) is 66.9 Å². The Morgan fingerprint density at radius 2 is 1.69 bits per heavy atom. The number of benzene rings is 2. The average molecular weight is 429 g/mol. The minimum Gasteiger partial charge on any atom is -0.345 e. The van der Waals surface area contributed by atoms with E-state index >= 15 is 0 Å². The lowest BCUT2D eigenvalue weighted by Gasteiger charge is -2.32. The summed E-state index contributed by atoms with van der Waals surface area (Å²) >= 11 is 12.1. The standard InChI is InChI=1S/C24H26Cl2N2O/c1-17(2)18(3)28(24(29)20-9-11-21(25)12-10-20)16-23-8-5-13-27(23)15-19-6-4-7-22(26)14-19/h4-14,17-18H,15-16H2,1-3H3. The Morgan fingerprint density at radius 3 is 2.34 bits per heavy atom. The summed E-state index contributed by atoms with van der Waals surface area (Å²) in [5, 5.41) is 1.35. The molecule has 0 fully saturated rings. The molecule has 0 radical (unpaired) electrons. The molecular weight excluding hydrogens is 403 g/mol. The number of carbonyl (C=O) groups excluding carboxylic acids is 1. The second-order valence-electron chi connectivity index (χ2n) is 7.68. The van der Waals surface area contributed by atoms with Gasteiger partial charge in [0.15, 0.2) is 0 Å². The van der Waals surface area contributed by atoms with Crippen LogP contribution >= 0.6 is 23.2 Å². The van der Waals surface area contributed by atoms with Crippen molar-refractivity contribution in [2.24, 2.45) is 5.92 Å². The van der Waals surface area contributed by atoms with Crippen molar-refractivity contribution in [1.82, 2.24) is 9.47 Å². The molecular formula is C24H26Cl2N2O. The SMILES string of the molecule is CC(C)C(C)N(Cc1cccn1Cc1cccc(Cl)c1)C(=O)c1ccc(Cl)cc1. The third-order valence-electron chi connectivity index (χ3n) is 5.31. The second kappa shape index (κ2) is 9.51. The normalized spacial score (nSPS) is 12.2. The number of amides is 1. The van der Waals surface area contributed by atoms with Crippen molar-refractivity contribution in [3.63, 3.8) is 0 Å². The highest BCUT2D eigenvalue weighted by atomic mass is 35.5. The van der Waals surface area contributed by atoms with Crippen molar-refractivity contribution >= 4 is 29.1 Å². The molecule has 1 amide bonds. The van der Waals surface area contributed by atoms with Gasteiger partial charge in [0.2, 0.25) is 0 Å². The topological polar surface area (TPSA) is 25.2 Å². The summed E-state index contributed by atoms with van der Waals surface area (Å²) in [6.07, 6.45) is 2.04. The minimum atomic E-state index is 0.0124. The zero-order chi connectivity index (χ0) is 21.0. The number of hydrogen-bond donors (Lipinski definition) is 0. The Morgan fingerprint density at radius 1 is 0.966 bits per heavy atom. The number of carbonyl (C=O) groups is 1. The van der Waals surface area contributed by atoms with E-state index in [9.17, 15) is 4.79 Å². The van der Waals surface area contributed by atoms with Gasteiger partial charge in [0.1, 0.15) is 0 Å². The highest BCUT2D eigenvalue weighted by Gasteiger charge is 2.25. The van der Waals surface area contributed by atoms with E-state index in [1.807, 2.05) is 35.4 Å². The van der Waals surface area contributed by atoms with Crippen LogP contribution in [0.2, 0.25) is 10.0 Å². The van der Waals surface area contributed by atoms with Crippen LogP contribution in [0.1, 0.15) is 42.4 Å². The van der Waals surface area contributed by atoms with Crippen LogP contribution in [-0.2, 0) is 13.1 Å². The zero-order valence-corrected chi connectivity index (χ0v) is 18.5. The number of nitrogens with zero attached hydrogens (tertiary/aromatic N) is 2. The summed E-state index contributed by atoms with van der Waals surface area (Å²) in [6, 6.07) is 19.1. The fourth-order valence-corrected chi connectivity index (χ4v) is 3.61. The summed E-state index contributed by atoms with van der Waals surface area (Å²) in [4.78, 5) is 15.2. The molecule has 152 valence electrons. The first kappa shape index (κ1) is 21.5. The highest BCUT2D eigenvalue weighted by Crippen LogP contribution is 2.21. The quantitative estimate of drug-likeness (QED) is 0.419. The van der Waals surface area contributed by atoms with Crippen LogP contribution in [0, 0.1) is 5.92 Å². The fraction of sp³-hybridized carbons (Fsp3) is 0.292. The third kappa shape index (κ3) is 5.43. The molecule has 0 aliphatic rings. The van der Waals surface area contributed by atoms with Crippen molar-refractivity contribution in [3.05, 3.63) is 93.7 Å². The van der Waals surface area contributed by atoms with Crippen molar-refractivity contribution in [2.45, 2.75) is 39.9 Å². The Hall–Kier alpha value is -2.23. The van der Waals surface area contributed by atoms with Gasteiger partial charge in [0.05, 0.1) is 6.54 Å². The molecule has 1 unspecified atom stereocenters. The lowest BCUT2D eigenvalue weighted by atomic mass is 10.0. The molecule has 0 aliphatic heterocycles. The Labute approximate surface area is 182 Å². The number of hydrogen-bond acceptors (Lipinski definition) is 1. The molecule has 0 bridgehead atoms. The van der Waals surface area contributed by atoms with Gasteiger partial charge >= 0.3 is 0 Å². The molecule has 29 heavy (non-hydrogen) atoms. The first-order valence-electron chi connectivity index (χ1n) is 9.80. The van der Waals surface area contributed by atoms with E-state index in [4.69, 9.17) is 23.2 Å². The maximum Gasteiger partial charge on any atom is 0.254 e. The molecule has 3 nitrogen and oxygen atoms in total. The van der Waals surface area contributed by atoms with E-state index in [0.29, 0.717) is 29.6 Å². The molecule has 0 saturated heterocycles. The predicted octanol–water partition coefficient (Wildman–Crippen LogP) is 6.53. The first-order chi connectivity index (χ1) is 13.8. The third-order valence-corrected chi connectivity index (χ3v) is 5.79. The van der Waals surface area contributed by atoms with Gasteiger partial charge in [-0.25, -0.2) is 0 Å². The molecule has 1 aromatic heterocycles. The molecule has 0 saturated carbocycles. The maximum atomic E-state index is 13.3. The molecule has 2 aromatic carbocycles.